The van der Waals surface area contributed by atoms with Crippen LogP contribution in [0.3, 0.4) is 0 Å². The predicted octanol–water partition coefficient (Wildman–Crippen LogP) is 2.92. The van der Waals surface area contributed by atoms with Crippen molar-refractivity contribution in [3.63, 3.8) is 0 Å². The number of hydrogen-bond donors (Lipinski definition) is 1. The molecule has 146 valence electrons. The normalized spacial score (nSPS) is 14.7. The van der Waals surface area contributed by atoms with Crippen molar-refractivity contribution in [3.8, 4) is 0 Å². The van der Waals surface area contributed by atoms with Crippen LogP contribution in [-0.2, 0) is 6.42 Å². The van der Waals surface area contributed by atoms with E-state index >= 15 is 0 Å². The number of aliphatic imine (C=N–C) groups is 1. The Morgan fingerprint density at radius 2 is 1.96 bits per heavy atom. The van der Waals surface area contributed by atoms with Crippen molar-refractivity contribution in [1.82, 2.24) is 15.2 Å². The highest BCUT2D eigenvalue weighted by Crippen LogP contribution is 2.21. The zero-order valence-electron chi connectivity index (χ0n) is 15.2. The first-order valence-electron chi connectivity index (χ1n) is 8.72. The highest BCUT2D eigenvalue weighted by Gasteiger charge is 2.21. The number of halogens is 3. The maximum absolute atomic E-state index is 13.9. The molecule has 1 fully saturated rings. The fourth-order valence-electron chi connectivity index (χ4n) is 3.08. The van der Waals surface area contributed by atoms with Crippen LogP contribution in [0, 0.1) is 11.6 Å². The molecule has 0 unspecified atom stereocenters. The van der Waals surface area contributed by atoms with E-state index in [0.29, 0.717) is 31.9 Å². The second kappa shape index (κ2) is 10.4. The van der Waals surface area contributed by atoms with Crippen molar-refractivity contribution >= 4 is 35.6 Å². The fraction of sp³-hybridized carbons (Fsp3) is 0.368. The molecule has 1 aliphatic rings. The lowest BCUT2D eigenvalue weighted by Gasteiger charge is -2.37. The molecular formula is C19H24F2IN5. The van der Waals surface area contributed by atoms with Crippen LogP contribution in [0.4, 0.5) is 14.5 Å². The van der Waals surface area contributed by atoms with Gasteiger partial charge in [-0.1, -0.05) is 6.07 Å². The van der Waals surface area contributed by atoms with Crippen LogP contribution in [0.5, 0.6) is 0 Å². The molecule has 0 bridgehead atoms. The van der Waals surface area contributed by atoms with Crippen LogP contribution in [0.15, 0.2) is 47.7 Å². The van der Waals surface area contributed by atoms with E-state index in [-0.39, 0.29) is 29.8 Å². The summed E-state index contributed by atoms with van der Waals surface area (Å²) in [6.07, 6.45) is 4.48. The molecule has 2 heterocycles. The minimum atomic E-state index is -0.420. The molecule has 0 atom stereocenters. The topological polar surface area (TPSA) is 43.8 Å². The number of guanidine groups is 1. The van der Waals surface area contributed by atoms with Gasteiger partial charge in [0.05, 0.1) is 5.69 Å². The van der Waals surface area contributed by atoms with Crippen molar-refractivity contribution in [2.75, 3.05) is 44.7 Å². The number of nitrogens with zero attached hydrogens (tertiary/aromatic N) is 4. The number of hydrogen-bond acceptors (Lipinski definition) is 3. The van der Waals surface area contributed by atoms with Gasteiger partial charge in [0.15, 0.2) is 5.96 Å². The van der Waals surface area contributed by atoms with Gasteiger partial charge in [-0.15, -0.1) is 24.0 Å². The van der Waals surface area contributed by atoms with Gasteiger partial charge in [-0.3, -0.25) is 9.98 Å². The third kappa shape index (κ3) is 5.75. The fourth-order valence-corrected chi connectivity index (χ4v) is 3.08. The second-order valence-corrected chi connectivity index (χ2v) is 6.16. The number of rotatable bonds is 4. The highest BCUT2D eigenvalue weighted by molar-refractivity contribution is 14.0. The van der Waals surface area contributed by atoms with Gasteiger partial charge in [-0.25, -0.2) is 8.78 Å². The molecule has 1 N–H and O–H groups in total. The van der Waals surface area contributed by atoms with Crippen LogP contribution in [-0.4, -0.2) is 55.6 Å². The first-order valence-corrected chi connectivity index (χ1v) is 8.72. The first-order chi connectivity index (χ1) is 12.7. The lowest BCUT2D eigenvalue weighted by molar-refractivity contribution is 0.371. The molecule has 3 rings (SSSR count). The first kappa shape index (κ1) is 21.3. The average molecular weight is 487 g/mol. The number of anilines is 1. The van der Waals surface area contributed by atoms with E-state index in [1.54, 1.807) is 13.2 Å². The molecule has 0 spiro atoms. The molecule has 0 saturated carbocycles. The molecule has 0 aliphatic carbocycles. The number of aromatic nitrogens is 1. The minimum absolute atomic E-state index is 0. The van der Waals surface area contributed by atoms with Crippen LogP contribution in [0.2, 0.25) is 0 Å². The van der Waals surface area contributed by atoms with Gasteiger partial charge in [0.25, 0.3) is 0 Å². The van der Waals surface area contributed by atoms with E-state index in [2.05, 4.69) is 20.2 Å². The Labute approximate surface area is 175 Å². The summed E-state index contributed by atoms with van der Waals surface area (Å²) in [6, 6.07) is 7.55. The van der Waals surface area contributed by atoms with Gasteiger partial charge in [-0.05, 0) is 30.2 Å². The van der Waals surface area contributed by atoms with Crippen LogP contribution in [0.25, 0.3) is 0 Å². The van der Waals surface area contributed by atoms with E-state index in [9.17, 15) is 8.78 Å². The molecule has 1 aromatic heterocycles. The minimum Gasteiger partial charge on any atom is -0.366 e. The van der Waals surface area contributed by atoms with E-state index in [1.807, 2.05) is 23.2 Å². The van der Waals surface area contributed by atoms with Gasteiger partial charge in [0.1, 0.15) is 11.6 Å². The standard InChI is InChI=1S/C19H23F2N5.HI/c1-22-19(24-8-6-15-3-2-7-23-14-15)26-11-9-25(10-12-26)18-13-16(20)4-5-17(18)21;/h2-5,7,13-14H,6,8-12H2,1H3,(H,22,24);1H. The van der Waals surface area contributed by atoms with Crippen molar-refractivity contribution in [1.29, 1.82) is 0 Å². The highest BCUT2D eigenvalue weighted by atomic mass is 127. The molecule has 2 aromatic rings. The van der Waals surface area contributed by atoms with Crippen molar-refractivity contribution < 1.29 is 8.78 Å². The zero-order chi connectivity index (χ0) is 18.4. The Morgan fingerprint density at radius 3 is 2.63 bits per heavy atom. The second-order valence-electron chi connectivity index (χ2n) is 6.16. The molecule has 8 heteroatoms. The molecule has 1 aromatic carbocycles. The summed E-state index contributed by atoms with van der Waals surface area (Å²) in [6.45, 7) is 3.38. The largest absolute Gasteiger partial charge is 0.366 e. The van der Waals surface area contributed by atoms with Gasteiger partial charge in [0.2, 0.25) is 0 Å². The molecule has 0 radical (unpaired) electrons. The summed E-state index contributed by atoms with van der Waals surface area (Å²) in [4.78, 5) is 12.5. The summed E-state index contributed by atoms with van der Waals surface area (Å²) in [7, 11) is 1.75. The van der Waals surface area contributed by atoms with Gasteiger partial charge < -0.3 is 15.1 Å². The molecule has 0 amide bonds. The summed E-state index contributed by atoms with van der Waals surface area (Å²) in [5, 5.41) is 3.36. The number of piperazine rings is 1. The molecule has 27 heavy (non-hydrogen) atoms. The van der Waals surface area contributed by atoms with Gasteiger partial charge in [0, 0.05) is 58.2 Å². The SMILES string of the molecule is CN=C(NCCc1cccnc1)N1CCN(c2cc(F)ccc2F)CC1.I. The molecular weight excluding hydrogens is 463 g/mol. The lowest BCUT2D eigenvalue weighted by Crippen LogP contribution is -2.53. The monoisotopic (exact) mass is 487 g/mol. The number of pyridine rings is 1. The quantitative estimate of drug-likeness (QED) is 0.410. The third-order valence-electron chi connectivity index (χ3n) is 4.46. The Morgan fingerprint density at radius 1 is 1.19 bits per heavy atom. The average Bonchev–Trinajstić information content (AvgIpc) is 2.68. The summed E-state index contributed by atoms with van der Waals surface area (Å²) in [5.74, 6) is 0.0174. The Hall–Kier alpha value is -1.97. The van der Waals surface area contributed by atoms with Crippen molar-refractivity contribution in [3.05, 3.63) is 59.9 Å². The van der Waals surface area contributed by atoms with Crippen molar-refractivity contribution in [2.24, 2.45) is 4.99 Å². The van der Waals surface area contributed by atoms with E-state index < -0.39 is 5.82 Å². The van der Waals surface area contributed by atoms with Crippen LogP contribution >= 0.6 is 24.0 Å². The summed E-state index contributed by atoms with van der Waals surface area (Å²) < 4.78 is 27.3. The molecule has 1 aliphatic heterocycles. The predicted molar refractivity (Wildman–Crippen MR) is 115 cm³/mol. The van der Waals surface area contributed by atoms with E-state index in [1.165, 1.54) is 17.7 Å². The summed E-state index contributed by atoms with van der Waals surface area (Å²) in [5.41, 5.74) is 1.49. The van der Waals surface area contributed by atoms with Gasteiger partial charge >= 0.3 is 0 Å². The number of benzene rings is 1. The Balaban J connectivity index is 0.00000261. The third-order valence-corrected chi connectivity index (χ3v) is 4.46. The summed E-state index contributed by atoms with van der Waals surface area (Å²) >= 11 is 0. The zero-order valence-corrected chi connectivity index (χ0v) is 17.6. The Bertz CT molecular complexity index is 749. The number of nitrogens with one attached hydrogen (secondary N) is 1. The van der Waals surface area contributed by atoms with E-state index in [0.717, 1.165) is 25.0 Å². The van der Waals surface area contributed by atoms with E-state index in [4.69, 9.17) is 0 Å². The lowest BCUT2D eigenvalue weighted by atomic mass is 10.2. The smallest absolute Gasteiger partial charge is 0.193 e. The van der Waals surface area contributed by atoms with Crippen LogP contribution in [0.1, 0.15) is 5.56 Å². The van der Waals surface area contributed by atoms with Crippen molar-refractivity contribution in [2.45, 2.75) is 6.42 Å². The van der Waals surface area contributed by atoms with Gasteiger partial charge in [-0.2, -0.15) is 0 Å². The molecule has 1 saturated heterocycles. The maximum Gasteiger partial charge on any atom is 0.193 e. The Kier molecular flexibility index (Phi) is 8.21. The molecule has 5 nitrogen and oxygen atoms in total. The maximum atomic E-state index is 13.9. The van der Waals surface area contributed by atoms with Crippen LogP contribution < -0.4 is 10.2 Å².